The number of hydrogen-bond acceptors (Lipinski definition) is 6. The minimum absolute atomic E-state index is 0.0900. The first kappa shape index (κ1) is 27.4. The molecule has 6 unspecified atom stereocenters. The van der Waals surface area contributed by atoms with Crippen molar-refractivity contribution in [3.8, 4) is 0 Å². The Morgan fingerprint density at radius 2 is 1.93 bits per heavy atom. The fourth-order valence-electron chi connectivity index (χ4n) is 8.42. The number of benzene rings is 1. The lowest BCUT2D eigenvalue weighted by Crippen LogP contribution is -2.54. The van der Waals surface area contributed by atoms with E-state index >= 15 is 0 Å². The molecule has 1 aromatic heterocycles. The first-order valence-corrected chi connectivity index (χ1v) is 14.3. The zero-order chi connectivity index (χ0) is 28.4. The van der Waals surface area contributed by atoms with E-state index in [2.05, 4.69) is 41.5 Å². The Bertz CT molecular complexity index is 1360. The zero-order valence-electron chi connectivity index (χ0n) is 23.9. The molecule has 3 aliphatic carbocycles. The van der Waals surface area contributed by atoms with Gasteiger partial charge in [-0.3, -0.25) is 4.79 Å². The SMILES string of the molecule is CC1(C)OC23CCC4(C)C(CCC5Cc6c([nH]c7ccccc67)C54)C2=CC(=O)C1O3.COC(CNC(=O)O)OC. The van der Waals surface area contributed by atoms with Gasteiger partial charge in [-0.05, 0) is 80.1 Å². The van der Waals surface area contributed by atoms with Gasteiger partial charge in [0.25, 0.3) is 0 Å². The first-order valence-electron chi connectivity index (χ1n) is 14.3. The molecule has 3 N–H and O–H groups in total. The second-order valence-corrected chi connectivity index (χ2v) is 12.7. The van der Waals surface area contributed by atoms with E-state index in [1.807, 2.05) is 19.9 Å². The summed E-state index contributed by atoms with van der Waals surface area (Å²) in [5.74, 6) is 0.955. The molecular weight excluding hydrogens is 512 g/mol. The van der Waals surface area contributed by atoms with Crippen LogP contribution >= 0.6 is 0 Å². The Morgan fingerprint density at radius 1 is 1.18 bits per heavy atom. The molecule has 5 aliphatic rings. The van der Waals surface area contributed by atoms with E-state index in [9.17, 15) is 9.59 Å². The molecule has 1 saturated heterocycles. The Labute approximate surface area is 234 Å². The zero-order valence-corrected chi connectivity index (χ0v) is 23.9. The second kappa shape index (κ2) is 9.69. The molecule has 9 heteroatoms. The number of nitrogens with one attached hydrogen (secondary N) is 2. The van der Waals surface area contributed by atoms with Crippen LogP contribution in [0.1, 0.15) is 63.6 Å². The van der Waals surface area contributed by atoms with Crippen LogP contribution in [0.15, 0.2) is 35.9 Å². The molecule has 2 saturated carbocycles. The maximum Gasteiger partial charge on any atom is 0.404 e. The summed E-state index contributed by atoms with van der Waals surface area (Å²) in [5.41, 5.74) is 4.95. The van der Waals surface area contributed by atoms with Gasteiger partial charge < -0.3 is 34.4 Å². The van der Waals surface area contributed by atoms with Gasteiger partial charge in [0.2, 0.25) is 0 Å². The number of fused-ring (bicyclic) bond motifs is 9. The molecule has 1 amide bonds. The summed E-state index contributed by atoms with van der Waals surface area (Å²) in [7, 11) is 2.88. The van der Waals surface area contributed by atoms with Crippen LogP contribution in [-0.2, 0) is 30.2 Å². The molecule has 3 fully saturated rings. The van der Waals surface area contributed by atoms with Crippen molar-refractivity contribution in [2.45, 2.75) is 82.6 Å². The Hall–Kier alpha value is -2.72. The van der Waals surface area contributed by atoms with Crippen LogP contribution < -0.4 is 5.32 Å². The number of rotatable bonds is 4. The van der Waals surface area contributed by atoms with Crippen molar-refractivity contribution in [2.75, 3.05) is 20.8 Å². The van der Waals surface area contributed by atoms with Crippen LogP contribution in [0.2, 0.25) is 0 Å². The standard InChI is InChI=1S/C26H29NO3.C5H11NO4/c1-24(2)23-20(28)13-18-17-9-8-14-12-16-15-6-4-5-7-19(15)27-22(16)21(14)25(17,3)10-11-26(18,29-23)30-24;1-9-4(10-2)3-6-5(7)8/h4-7,13-14,17,21,23,27H,8-12H2,1-3H3;4,6H,3H2,1-2H3,(H,7,8). The Kier molecular flexibility index (Phi) is 6.65. The lowest BCUT2D eigenvalue weighted by Gasteiger charge is -2.57. The minimum Gasteiger partial charge on any atom is -0.465 e. The van der Waals surface area contributed by atoms with Crippen LogP contribution in [0.25, 0.3) is 10.9 Å². The van der Waals surface area contributed by atoms with Crippen molar-refractivity contribution in [3.05, 3.63) is 47.2 Å². The minimum atomic E-state index is -1.08. The predicted molar refractivity (Wildman–Crippen MR) is 148 cm³/mol. The molecule has 2 aromatic rings. The highest BCUT2D eigenvalue weighted by Crippen LogP contribution is 2.68. The van der Waals surface area contributed by atoms with E-state index in [0.717, 1.165) is 24.8 Å². The van der Waals surface area contributed by atoms with Crippen molar-refractivity contribution in [1.29, 1.82) is 0 Å². The average molecular weight is 553 g/mol. The summed E-state index contributed by atoms with van der Waals surface area (Å²) < 4.78 is 22.3. The maximum absolute atomic E-state index is 13.0. The molecule has 1 aromatic carbocycles. The highest BCUT2D eigenvalue weighted by atomic mass is 16.8. The molecule has 6 atom stereocenters. The molecule has 1 spiro atoms. The number of carboxylic acid groups (broad SMARTS) is 1. The quantitative estimate of drug-likeness (QED) is 0.461. The number of ether oxygens (including phenoxy) is 4. The molecule has 9 nitrogen and oxygen atoms in total. The van der Waals surface area contributed by atoms with Gasteiger partial charge in [0.15, 0.2) is 24.0 Å². The summed E-state index contributed by atoms with van der Waals surface area (Å²) >= 11 is 0. The second-order valence-electron chi connectivity index (χ2n) is 12.7. The van der Waals surface area contributed by atoms with E-state index in [1.54, 1.807) is 0 Å². The average Bonchev–Trinajstić information content (AvgIpc) is 3.53. The summed E-state index contributed by atoms with van der Waals surface area (Å²) in [4.78, 5) is 26.7. The Morgan fingerprint density at radius 3 is 2.65 bits per heavy atom. The van der Waals surface area contributed by atoms with Crippen molar-refractivity contribution in [1.82, 2.24) is 10.3 Å². The third-order valence-corrected chi connectivity index (χ3v) is 10.1. The molecule has 216 valence electrons. The topological polar surface area (TPSA) is 119 Å². The Balaban J connectivity index is 0.000000251. The lowest BCUT2D eigenvalue weighted by atomic mass is 9.50. The summed E-state index contributed by atoms with van der Waals surface area (Å²) in [6, 6.07) is 8.74. The van der Waals surface area contributed by atoms with Gasteiger partial charge in [0.05, 0.1) is 6.54 Å². The highest BCUT2D eigenvalue weighted by molar-refractivity contribution is 5.97. The molecule has 0 radical (unpaired) electrons. The number of aromatic amines is 1. The number of ketones is 1. The molecule has 2 bridgehead atoms. The molecule has 7 rings (SSSR count). The van der Waals surface area contributed by atoms with E-state index in [-0.39, 0.29) is 17.7 Å². The predicted octanol–water partition coefficient (Wildman–Crippen LogP) is 4.91. The van der Waals surface area contributed by atoms with E-state index in [1.165, 1.54) is 49.2 Å². The number of para-hydroxylation sites is 1. The van der Waals surface area contributed by atoms with Crippen molar-refractivity contribution in [3.63, 3.8) is 0 Å². The largest absolute Gasteiger partial charge is 0.465 e. The van der Waals surface area contributed by atoms with Crippen LogP contribution in [0, 0.1) is 17.3 Å². The number of carbonyl (C=O) groups is 2. The van der Waals surface area contributed by atoms with Crippen LogP contribution in [-0.4, -0.2) is 66.5 Å². The first-order chi connectivity index (χ1) is 19.0. The van der Waals surface area contributed by atoms with Crippen molar-refractivity contribution < 1.29 is 33.6 Å². The number of methoxy groups -OCH3 is 2. The third kappa shape index (κ3) is 4.12. The van der Waals surface area contributed by atoms with Crippen LogP contribution in [0.4, 0.5) is 4.79 Å². The summed E-state index contributed by atoms with van der Waals surface area (Å²) in [5, 5.41) is 11.6. The smallest absolute Gasteiger partial charge is 0.404 e. The number of carbonyl (C=O) groups excluding carboxylic acids is 1. The fraction of sp³-hybridized carbons (Fsp3) is 0.613. The number of hydrogen-bond donors (Lipinski definition) is 3. The van der Waals surface area contributed by atoms with Gasteiger partial charge in [-0.25, -0.2) is 4.79 Å². The molecular formula is C31H40N2O7. The number of amides is 1. The van der Waals surface area contributed by atoms with Gasteiger partial charge in [0.1, 0.15) is 5.60 Å². The van der Waals surface area contributed by atoms with Gasteiger partial charge in [-0.1, -0.05) is 25.1 Å². The van der Waals surface area contributed by atoms with Crippen molar-refractivity contribution in [2.24, 2.45) is 17.3 Å². The summed E-state index contributed by atoms with van der Waals surface area (Å²) in [6.45, 7) is 6.61. The fourth-order valence-corrected chi connectivity index (χ4v) is 8.42. The third-order valence-electron chi connectivity index (χ3n) is 10.1. The maximum atomic E-state index is 13.0. The highest BCUT2D eigenvalue weighted by Gasteiger charge is 2.66. The summed E-state index contributed by atoms with van der Waals surface area (Å²) in [6.07, 6.45) is 5.29. The normalized spacial score (nSPS) is 34.8. The van der Waals surface area contributed by atoms with Gasteiger partial charge in [0, 0.05) is 43.2 Å². The van der Waals surface area contributed by atoms with Crippen LogP contribution in [0.5, 0.6) is 0 Å². The molecule has 40 heavy (non-hydrogen) atoms. The number of H-pyrrole nitrogens is 1. The molecule has 3 heterocycles. The van der Waals surface area contributed by atoms with Gasteiger partial charge in [-0.2, -0.15) is 0 Å². The molecule has 2 aliphatic heterocycles. The monoisotopic (exact) mass is 552 g/mol. The van der Waals surface area contributed by atoms with Gasteiger partial charge in [-0.15, -0.1) is 0 Å². The van der Waals surface area contributed by atoms with E-state index < -0.39 is 29.9 Å². The van der Waals surface area contributed by atoms with E-state index in [0.29, 0.717) is 17.8 Å². The van der Waals surface area contributed by atoms with Crippen molar-refractivity contribution >= 4 is 22.8 Å². The van der Waals surface area contributed by atoms with E-state index in [4.69, 9.17) is 24.1 Å². The van der Waals surface area contributed by atoms with Gasteiger partial charge >= 0.3 is 6.09 Å². The lowest BCUT2D eigenvalue weighted by molar-refractivity contribution is -0.199. The number of aromatic nitrogens is 1. The van der Waals surface area contributed by atoms with Crippen LogP contribution in [0.3, 0.4) is 0 Å².